The molecule has 3 heterocycles. The van der Waals surface area contributed by atoms with Crippen LogP contribution in [0, 0.1) is 5.92 Å². The molecule has 2 aliphatic heterocycles. The third-order valence-corrected chi connectivity index (χ3v) is 4.74. The first-order valence-corrected chi connectivity index (χ1v) is 7.01. The van der Waals surface area contributed by atoms with E-state index in [1.54, 1.807) is 6.20 Å². The molecular formula is C10H12BrN3OS. The summed E-state index contributed by atoms with van der Waals surface area (Å²) in [6.07, 6.45) is 5.03. The lowest BCUT2D eigenvalue weighted by molar-refractivity contribution is -0.120. The minimum Gasteiger partial charge on any atom is -0.310 e. The Bertz CT molecular complexity index is 422. The second-order valence-electron chi connectivity index (χ2n) is 4.35. The van der Waals surface area contributed by atoms with Crippen molar-refractivity contribution in [1.29, 1.82) is 0 Å². The Hall–Kier alpha value is -0.460. The number of thiazole rings is 1. The van der Waals surface area contributed by atoms with Crippen molar-refractivity contribution < 1.29 is 4.79 Å². The zero-order chi connectivity index (χ0) is 11.1. The minimum atomic E-state index is 0.113. The molecule has 6 heteroatoms. The fourth-order valence-corrected chi connectivity index (χ4v) is 3.73. The lowest BCUT2D eigenvalue weighted by atomic mass is 9.88. The first kappa shape index (κ1) is 10.7. The second kappa shape index (κ2) is 4.09. The molecule has 4 nitrogen and oxygen atoms in total. The molecule has 2 fully saturated rings. The standard InChI is InChI=1S/C10H12BrN3OS/c11-8-4-12-10(16-8)14-9(15)6-3-5-1-2-7(6)13-5/h4-7,13H,1-3H2,(H,12,14,15). The predicted octanol–water partition coefficient (Wildman–Crippen LogP) is 1.98. The summed E-state index contributed by atoms with van der Waals surface area (Å²) in [5.41, 5.74) is 0. The zero-order valence-electron chi connectivity index (χ0n) is 8.57. The van der Waals surface area contributed by atoms with E-state index in [2.05, 4.69) is 31.5 Å². The van der Waals surface area contributed by atoms with Gasteiger partial charge in [-0.3, -0.25) is 4.79 Å². The molecule has 2 aliphatic rings. The maximum absolute atomic E-state index is 12.0. The van der Waals surface area contributed by atoms with Gasteiger partial charge in [0.15, 0.2) is 5.13 Å². The van der Waals surface area contributed by atoms with Gasteiger partial charge in [0.25, 0.3) is 0 Å². The monoisotopic (exact) mass is 301 g/mol. The van der Waals surface area contributed by atoms with Crippen molar-refractivity contribution in [2.75, 3.05) is 5.32 Å². The largest absolute Gasteiger partial charge is 0.310 e. The molecule has 86 valence electrons. The van der Waals surface area contributed by atoms with E-state index in [1.807, 2.05) is 0 Å². The van der Waals surface area contributed by atoms with E-state index in [-0.39, 0.29) is 11.8 Å². The summed E-state index contributed by atoms with van der Waals surface area (Å²) >= 11 is 4.78. The molecule has 0 radical (unpaired) electrons. The van der Waals surface area contributed by atoms with Gasteiger partial charge in [0.05, 0.1) is 15.9 Å². The lowest BCUT2D eigenvalue weighted by Crippen LogP contribution is -2.32. The van der Waals surface area contributed by atoms with Crippen molar-refractivity contribution in [3.63, 3.8) is 0 Å². The van der Waals surface area contributed by atoms with Gasteiger partial charge in [-0.25, -0.2) is 4.98 Å². The number of aromatic nitrogens is 1. The Morgan fingerprint density at radius 3 is 3.06 bits per heavy atom. The summed E-state index contributed by atoms with van der Waals surface area (Å²) < 4.78 is 0.939. The van der Waals surface area contributed by atoms with Gasteiger partial charge in [0, 0.05) is 12.1 Å². The first-order valence-electron chi connectivity index (χ1n) is 5.40. The number of hydrogen-bond acceptors (Lipinski definition) is 4. The van der Waals surface area contributed by atoms with Crippen LogP contribution in [0.2, 0.25) is 0 Å². The zero-order valence-corrected chi connectivity index (χ0v) is 11.0. The van der Waals surface area contributed by atoms with Crippen LogP contribution in [0.3, 0.4) is 0 Å². The van der Waals surface area contributed by atoms with E-state index < -0.39 is 0 Å². The maximum Gasteiger partial charge on any atom is 0.230 e. The molecule has 2 bridgehead atoms. The van der Waals surface area contributed by atoms with Gasteiger partial charge in [-0.05, 0) is 35.2 Å². The van der Waals surface area contributed by atoms with Crippen LogP contribution in [0.1, 0.15) is 19.3 Å². The van der Waals surface area contributed by atoms with Crippen LogP contribution in [0.5, 0.6) is 0 Å². The summed E-state index contributed by atoms with van der Waals surface area (Å²) in [6, 6.07) is 0.942. The third-order valence-electron chi connectivity index (χ3n) is 3.34. The minimum absolute atomic E-state index is 0.113. The van der Waals surface area contributed by atoms with Gasteiger partial charge in [-0.1, -0.05) is 11.3 Å². The number of fused-ring (bicyclic) bond motifs is 2. The Morgan fingerprint density at radius 1 is 1.62 bits per heavy atom. The number of hydrogen-bond donors (Lipinski definition) is 2. The predicted molar refractivity (Wildman–Crippen MR) is 66.5 cm³/mol. The van der Waals surface area contributed by atoms with E-state index in [0.29, 0.717) is 17.2 Å². The molecule has 3 unspecified atom stereocenters. The highest BCUT2D eigenvalue weighted by Gasteiger charge is 2.42. The summed E-state index contributed by atoms with van der Waals surface area (Å²) in [7, 11) is 0. The number of carbonyl (C=O) groups excluding carboxylic acids is 1. The molecule has 1 aromatic rings. The van der Waals surface area contributed by atoms with E-state index >= 15 is 0 Å². The molecule has 1 amide bonds. The van der Waals surface area contributed by atoms with Gasteiger partial charge >= 0.3 is 0 Å². The Labute approximate surface area is 106 Å². The van der Waals surface area contributed by atoms with Gasteiger partial charge < -0.3 is 10.6 Å². The van der Waals surface area contributed by atoms with Crippen LogP contribution < -0.4 is 10.6 Å². The number of halogens is 1. The van der Waals surface area contributed by atoms with Gasteiger partial charge in [-0.15, -0.1) is 0 Å². The fourth-order valence-electron chi connectivity index (χ4n) is 2.62. The number of carbonyl (C=O) groups is 1. The number of rotatable bonds is 2. The van der Waals surface area contributed by atoms with Crippen molar-refractivity contribution in [2.45, 2.75) is 31.3 Å². The molecule has 0 aromatic carbocycles. The van der Waals surface area contributed by atoms with Crippen LogP contribution in [0.25, 0.3) is 0 Å². The summed E-state index contributed by atoms with van der Waals surface area (Å²) in [6.45, 7) is 0. The normalized spacial score (nSPS) is 31.9. The number of nitrogens with one attached hydrogen (secondary N) is 2. The number of amides is 1. The fraction of sp³-hybridized carbons (Fsp3) is 0.600. The quantitative estimate of drug-likeness (QED) is 0.878. The maximum atomic E-state index is 12.0. The van der Waals surface area contributed by atoms with Crippen LogP contribution in [-0.2, 0) is 4.79 Å². The molecule has 0 spiro atoms. The summed E-state index contributed by atoms with van der Waals surface area (Å²) in [5.74, 6) is 0.239. The topological polar surface area (TPSA) is 54.0 Å². The second-order valence-corrected chi connectivity index (χ2v) is 6.76. The summed E-state index contributed by atoms with van der Waals surface area (Å²) in [4.78, 5) is 16.1. The highest BCUT2D eigenvalue weighted by atomic mass is 79.9. The molecule has 2 N–H and O–H groups in total. The van der Waals surface area contributed by atoms with E-state index in [0.717, 1.165) is 16.6 Å². The van der Waals surface area contributed by atoms with Crippen molar-refractivity contribution in [3.05, 3.63) is 9.98 Å². The van der Waals surface area contributed by atoms with E-state index in [9.17, 15) is 4.79 Å². The lowest BCUT2D eigenvalue weighted by Gasteiger charge is -2.18. The van der Waals surface area contributed by atoms with E-state index in [1.165, 1.54) is 17.8 Å². The molecule has 1 aromatic heterocycles. The summed E-state index contributed by atoms with van der Waals surface area (Å²) in [5, 5.41) is 7.03. The molecule has 3 atom stereocenters. The van der Waals surface area contributed by atoms with Crippen LogP contribution in [0.15, 0.2) is 9.98 Å². The molecule has 16 heavy (non-hydrogen) atoms. The smallest absolute Gasteiger partial charge is 0.230 e. The van der Waals surface area contributed by atoms with Gasteiger partial charge in [0.1, 0.15) is 0 Å². The van der Waals surface area contributed by atoms with Crippen molar-refractivity contribution >= 4 is 38.3 Å². The third kappa shape index (κ3) is 1.89. The first-order chi connectivity index (χ1) is 7.72. The van der Waals surface area contributed by atoms with Gasteiger partial charge in [0.2, 0.25) is 5.91 Å². The molecule has 2 saturated heterocycles. The number of nitrogens with zero attached hydrogens (tertiary/aromatic N) is 1. The highest BCUT2D eigenvalue weighted by Crippen LogP contribution is 2.34. The SMILES string of the molecule is O=C(Nc1ncc(Br)s1)C1CC2CCC1N2. The van der Waals surface area contributed by atoms with Crippen molar-refractivity contribution in [1.82, 2.24) is 10.3 Å². The van der Waals surface area contributed by atoms with Crippen LogP contribution >= 0.6 is 27.3 Å². The molecule has 0 saturated carbocycles. The average Bonchev–Trinajstić information content (AvgIpc) is 2.93. The van der Waals surface area contributed by atoms with Crippen LogP contribution in [0.4, 0.5) is 5.13 Å². The van der Waals surface area contributed by atoms with Gasteiger partial charge in [-0.2, -0.15) is 0 Å². The molecule has 0 aliphatic carbocycles. The average molecular weight is 302 g/mol. The Balaban J connectivity index is 1.65. The Morgan fingerprint density at radius 2 is 2.50 bits per heavy atom. The number of anilines is 1. The van der Waals surface area contributed by atoms with Crippen molar-refractivity contribution in [3.8, 4) is 0 Å². The highest BCUT2D eigenvalue weighted by molar-refractivity contribution is 9.11. The van der Waals surface area contributed by atoms with Crippen molar-refractivity contribution in [2.24, 2.45) is 5.92 Å². The Kier molecular flexibility index (Phi) is 2.73. The molecular weight excluding hydrogens is 290 g/mol. The molecule has 3 rings (SSSR count). The van der Waals surface area contributed by atoms with E-state index in [4.69, 9.17) is 0 Å². The van der Waals surface area contributed by atoms with Crippen LogP contribution in [-0.4, -0.2) is 23.0 Å².